The first kappa shape index (κ1) is 16.5. The number of piperazine rings is 1. The van der Waals surface area contributed by atoms with E-state index in [0.717, 1.165) is 37.6 Å². The van der Waals surface area contributed by atoms with Gasteiger partial charge >= 0.3 is 0 Å². The zero-order valence-electron chi connectivity index (χ0n) is 10.5. The van der Waals surface area contributed by atoms with Crippen molar-refractivity contribution in [3.05, 3.63) is 22.8 Å². The number of anilines is 1. The fourth-order valence-electron chi connectivity index (χ4n) is 2.03. The van der Waals surface area contributed by atoms with Crippen LogP contribution < -0.4 is 10.2 Å². The van der Waals surface area contributed by atoms with E-state index in [-0.39, 0.29) is 19.0 Å². The number of aromatic nitrogens is 1. The lowest BCUT2D eigenvalue weighted by atomic mass is 10.1. The van der Waals surface area contributed by atoms with Crippen LogP contribution in [0.5, 0.6) is 0 Å². The maximum absolute atomic E-state index is 9.38. The summed E-state index contributed by atoms with van der Waals surface area (Å²) in [6, 6.07) is 1.81. The Bertz CT molecular complexity index is 401. The van der Waals surface area contributed by atoms with E-state index in [1.165, 1.54) is 0 Å². The monoisotopic (exact) mass is 307 g/mol. The number of rotatable bonds is 4. The first-order valence-corrected chi connectivity index (χ1v) is 6.47. The number of nitrogens with zero attached hydrogens (tertiary/aromatic N) is 2. The number of hydrogen-bond donors (Lipinski definition) is 3. The van der Waals surface area contributed by atoms with E-state index in [1.807, 2.05) is 6.07 Å². The molecule has 19 heavy (non-hydrogen) atoms. The molecule has 0 aliphatic carbocycles. The lowest BCUT2D eigenvalue weighted by Crippen LogP contribution is -2.44. The van der Waals surface area contributed by atoms with Crippen LogP contribution >= 0.6 is 24.0 Å². The molecule has 7 heteroatoms. The van der Waals surface area contributed by atoms with Crippen LogP contribution in [0.25, 0.3) is 0 Å². The molecule has 1 aromatic heterocycles. The molecule has 5 nitrogen and oxygen atoms in total. The first-order valence-electron chi connectivity index (χ1n) is 6.09. The molecule has 1 unspecified atom stereocenters. The van der Waals surface area contributed by atoms with E-state index in [9.17, 15) is 5.11 Å². The summed E-state index contributed by atoms with van der Waals surface area (Å²) in [5.74, 6) is 0.792. The average molecular weight is 308 g/mol. The molecular weight excluding hydrogens is 289 g/mol. The molecule has 0 amide bonds. The Hall–Kier alpha value is -0.590. The zero-order valence-corrected chi connectivity index (χ0v) is 12.1. The van der Waals surface area contributed by atoms with E-state index in [2.05, 4.69) is 15.2 Å². The van der Waals surface area contributed by atoms with Gasteiger partial charge in [-0.05, 0) is 11.6 Å². The Kier molecular flexibility index (Phi) is 6.82. The van der Waals surface area contributed by atoms with Crippen molar-refractivity contribution in [2.45, 2.75) is 12.5 Å². The van der Waals surface area contributed by atoms with Gasteiger partial charge in [-0.2, -0.15) is 0 Å². The third-order valence-electron chi connectivity index (χ3n) is 2.98. The average Bonchev–Trinajstić information content (AvgIpc) is 2.40. The molecule has 1 atom stereocenters. The van der Waals surface area contributed by atoms with Gasteiger partial charge in [0.05, 0.1) is 17.7 Å². The molecule has 1 aliphatic rings. The van der Waals surface area contributed by atoms with Crippen molar-refractivity contribution in [3.8, 4) is 0 Å². The standard InChI is InChI=1S/C12H18ClN3O2.ClH/c13-11-6-9(5-10(18)8-17)7-15-12(11)16-3-1-14-2-4-16;/h6-7,10,14,17-18H,1-5,8H2;1H. The summed E-state index contributed by atoms with van der Waals surface area (Å²) in [7, 11) is 0. The van der Waals surface area contributed by atoms with Gasteiger partial charge in [-0.25, -0.2) is 4.98 Å². The van der Waals surface area contributed by atoms with Crippen LogP contribution in [0.1, 0.15) is 5.56 Å². The summed E-state index contributed by atoms with van der Waals surface area (Å²) in [6.45, 7) is 3.40. The van der Waals surface area contributed by atoms with Gasteiger partial charge in [-0.15, -0.1) is 12.4 Å². The summed E-state index contributed by atoms with van der Waals surface area (Å²) in [5, 5.41) is 22.1. The minimum atomic E-state index is -0.757. The highest BCUT2D eigenvalue weighted by molar-refractivity contribution is 6.33. The van der Waals surface area contributed by atoms with Gasteiger partial charge in [0.25, 0.3) is 0 Å². The van der Waals surface area contributed by atoms with Crippen molar-refractivity contribution < 1.29 is 10.2 Å². The molecule has 0 bridgehead atoms. The number of hydrogen-bond acceptors (Lipinski definition) is 5. The van der Waals surface area contributed by atoms with Crippen LogP contribution in [0.4, 0.5) is 5.82 Å². The molecule has 0 spiro atoms. The van der Waals surface area contributed by atoms with Gasteiger partial charge in [-0.3, -0.25) is 0 Å². The van der Waals surface area contributed by atoms with E-state index >= 15 is 0 Å². The summed E-state index contributed by atoms with van der Waals surface area (Å²) in [6.07, 6.45) is 1.32. The molecule has 2 heterocycles. The van der Waals surface area contributed by atoms with Crippen LogP contribution in [0.3, 0.4) is 0 Å². The number of aliphatic hydroxyl groups excluding tert-OH is 2. The molecule has 1 fully saturated rings. The van der Waals surface area contributed by atoms with Gasteiger partial charge in [0.1, 0.15) is 5.82 Å². The van der Waals surface area contributed by atoms with E-state index < -0.39 is 6.10 Å². The number of nitrogens with one attached hydrogen (secondary N) is 1. The van der Waals surface area contributed by atoms with Gasteiger partial charge in [0.2, 0.25) is 0 Å². The van der Waals surface area contributed by atoms with Gasteiger partial charge < -0.3 is 20.4 Å². The number of pyridine rings is 1. The second-order valence-corrected chi connectivity index (χ2v) is 4.83. The molecule has 1 saturated heterocycles. The largest absolute Gasteiger partial charge is 0.394 e. The van der Waals surface area contributed by atoms with Gasteiger partial charge in [0.15, 0.2) is 0 Å². The highest BCUT2D eigenvalue weighted by Gasteiger charge is 2.15. The topological polar surface area (TPSA) is 68.6 Å². The Labute approximate surface area is 124 Å². The quantitative estimate of drug-likeness (QED) is 0.754. The maximum Gasteiger partial charge on any atom is 0.147 e. The minimum absolute atomic E-state index is 0. The summed E-state index contributed by atoms with van der Waals surface area (Å²) in [4.78, 5) is 6.51. The summed E-state index contributed by atoms with van der Waals surface area (Å²) < 4.78 is 0. The molecule has 108 valence electrons. The zero-order chi connectivity index (χ0) is 13.0. The molecule has 0 aromatic carbocycles. The van der Waals surface area contributed by atoms with Crippen molar-refractivity contribution in [2.75, 3.05) is 37.7 Å². The maximum atomic E-state index is 9.38. The fraction of sp³-hybridized carbons (Fsp3) is 0.583. The highest BCUT2D eigenvalue weighted by Crippen LogP contribution is 2.24. The van der Waals surface area contributed by atoms with E-state index in [0.29, 0.717) is 11.4 Å². The number of aliphatic hydroxyl groups is 2. The highest BCUT2D eigenvalue weighted by atomic mass is 35.5. The molecule has 2 rings (SSSR count). The Morgan fingerprint density at radius 1 is 1.42 bits per heavy atom. The van der Waals surface area contributed by atoms with Crippen molar-refractivity contribution in [1.29, 1.82) is 0 Å². The van der Waals surface area contributed by atoms with Gasteiger partial charge in [-0.1, -0.05) is 11.6 Å². The van der Waals surface area contributed by atoms with E-state index in [1.54, 1.807) is 6.20 Å². The SMILES string of the molecule is Cl.OCC(O)Cc1cnc(N2CCNCC2)c(Cl)c1. The van der Waals surface area contributed by atoms with Crippen LogP contribution in [-0.4, -0.2) is 54.1 Å². The van der Waals surface area contributed by atoms with Crippen molar-refractivity contribution in [2.24, 2.45) is 0 Å². The Morgan fingerprint density at radius 2 is 2.11 bits per heavy atom. The van der Waals surface area contributed by atoms with Crippen molar-refractivity contribution in [1.82, 2.24) is 10.3 Å². The molecule has 3 N–H and O–H groups in total. The van der Waals surface area contributed by atoms with Gasteiger partial charge in [0, 0.05) is 38.8 Å². The second kappa shape index (κ2) is 7.87. The van der Waals surface area contributed by atoms with E-state index in [4.69, 9.17) is 16.7 Å². The first-order chi connectivity index (χ1) is 8.70. The third kappa shape index (κ3) is 4.47. The van der Waals surface area contributed by atoms with Crippen LogP contribution in [0, 0.1) is 0 Å². The van der Waals surface area contributed by atoms with Crippen molar-refractivity contribution >= 4 is 29.8 Å². The predicted molar refractivity (Wildman–Crippen MR) is 78.4 cm³/mol. The smallest absolute Gasteiger partial charge is 0.147 e. The molecule has 0 radical (unpaired) electrons. The third-order valence-corrected chi connectivity index (χ3v) is 3.26. The predicted octanol–water partition coefficient (Wildman–Crippen LogP) is 0.462. The molecular formula is C12H19Cl2N3O2. The van der Waals surface area contributed by atoms with Crippen molar-refractivity contribution in [3.63, 3.8) is 0 Å². The number of halogens is 2. The lowest BCUT2D eigenvalue weighted by Gasteiger charge is -2.29. The second-order valence-electron chi connectivity index (χ2n) is 4.43. The Morgan fingerprint density at radius 3 is 2.68 bits per heavy atom. The molecule has 0 saturated carbocycles. The van der Waals surface area contributed by atoms with Crippen LogP contribution in [-0.2, 0) is 6.42 Å². The van der Waals surface area contributed by atoms with Crippen LogP contribution in [0.15, 0.2) is 12.3 Å². The minimum Gasteiger partial charge on any atom is -0.394 e. The summed E-state index contributed by atoms with van der Waals surface area (Å²) >= 11 is 6.22. The lowest BCUT2D eigenvalue weighted by molar-refractivity contribution is 0.0954. The summed E-state index contributed by atoms with van der Waals surface area (Å²) in [5.41, 5.74) is 0.834. The van der Waals surface area contributed by atoms with Crippen LogP contribution in [0.2, 0.25) is 5.02 Å². The Balaban J connectivity index is 0.00000180. The molecule has 1 aliphatic heterocycles. The fourth-order valence-corrected chi connectivity index (χ4v) is 2.34. The normalized spacial score (nSPS) is 16.9. The molecule has 1 aromatic rings.